The van der Waals surface area contributed by atoms with E-state index in [1.165, 1.54) is 7.11 Å². The standard InChI is InChI=1S/C6H12BO5P/c1-10-4-3-11-6(7)5(4)12-13(2,8)9/h4-6H,3H2,1-2H3,(H,8,9)/p-1/t4-,5?,6+/m0/s1. The lowest BCUT2D eigenvalue weighted by Gasteiger charge is -2.27. The Labute approximate surface area is 78.3 Å². The maximum absolute atomic E-state index is 10.8. The predicted molar refractivity (Wildman–Crippen MR) is 44.7 cm³/mol. The molecule has 0 N–H and O–H groups in total. The van der Waals surface area contributed by atoms with Gasteiger partial charge in [0.2, 0.25) is 0 Å². The zero-order chi connectivity index (χ0) is 10.1. The Hall–Kier alpha value is 0.135. The summed E-state index contributed by atoms with van der Waals surface area (Å²) in [6, 6.07) is -0.743. The van der Waals surface area contributed by atoms with Gasteiger partial charge in [-0.3, -0.25) is 0 Å². The summed E-state index contributed by atoms with van der Waals surface area (Å²) in [5.41, 5.74) is 0. The third-order valence-corrected chi connectivity index (χ3v) is 2.39. The van der Waals surface area contributed by atoms with Gasteiger partial charge in [-0.15, -0.1) is 0 Å². The first-order chi connectivity index (χ1) is 5.94. The topological polar surface area (TPSA) is 67.8 Å². The summed E-state index contributed by atoms with van der Waals surface area (Å²) in [7, 11) is 3.12. The highest BCUT2D eigenvalue weighted by atomic mass is 31.2. The van der Waals surface area contributed by atoms with E-state index >= 15 is 0 Å². The molecule has 13 heavy (non-hydrogen) atoms. The summed E-state index contributed by atoms with van der Waals surface area (Å²) >= 11 is 0. The van der Waals surface area contributed by atoms with Gasteiger partial charge in [0.1, 0.15) is 27.6 Å². The SMILES string of the molecule is [B][C@@H]1OC[C@H](OC)C1OP(C)(=O)[O-]. The van der Waals surface area contributed by atoms with Gasteiger partial charge in [-0.1, -0.05) is 0 Å². The largest absolute Gasteiger partial charge is 0.779 e. The van der Waals surface area contributed by atoms with Crippen LogP contribution in [0.4, 0.5) is 0 Å². The smallest absolute Gasteiger partial charge is 0.132 e. The maximum Gasteiger partial charge on any atom is 0.132 e. The fourth-order valence-corrected chi connectivity index (χ4v) is 1.86. The fourth-order valence-electron chi connectivity index (χ4n) is 1.16. The number of hydrogen-bond donors (Lipinski definition) is 0. The highest BCUT2D eigenvalue weighted by Crippen LogP contribution is 2.37. The lowest BCUT2D eigenvalue weighted by Crippen LogP contribution is -2.34. The molecule has 0 aromatic rings. The Kier molecular flexibility index (Phi) is 3.54. The third kappa shape index (κ3) is 3.07. The molecule has 0 aromatic carbocycles. The molecule has 0 bridgehead atoms. The molecule has 0 aromatic heterocycles. The van der Waals surface area contributed by atoms with Crippen molar-refractivity contribution in [2.45, 2.75) is 18.2 Å². The number of methoxy groups -OCH3 is 1. The van der Waals surface area contributed by atoms with Crippen LogP contribution in [0, 0.1) is 0 Å². The average molecular weight is 205 g/mol. The normalized spacial score (nSPS) is 38.8. The van der Waals surface area contributed by atoms with E-state index in [0.717, 1.165) is 6.66 Å². The minimum absolute atomic E-state index is 0.252. The molecule has 5 nitrogen and oxygen atoms in total. The van der Waals surface area contributed by atoms with Crippen LogP contribution in [-0.2, 0) is 18.6 Å². The third-order valence-electron chi connectivity index (χ3n) is 1.76. The molecule has 1 saturated heterocycles. The van der Waals surface area contributed by atoms with E-state index in [9.17, 15) is 9.46 Å². The Morgan fingerprint density at radius 2 is 2.31 bits per heavy atom. The van der Waals surface area contributed by atoms with Crippen LogP contribution in [-0.4, -0.2) is 46.4 Å². The second-order valence-electron chi connectivity index (χ2n) is 2.91. The van der Waals surface area contributed by atoms with Crippen LogP contribution < -0.4 is 4.89 Å². The molecule has 7 heteroatoms. The first kappa shape index (κ1) is 11.2. The van der Waals surface area contributed by atoms with Crippen molar-refractivity contribution in [3.05, 3.63) is 0 Å². The van der Waals surface area contributed by atoms with Gasteiger partial charge in [0.05, 0.1) is 6.61 Å². The van der Waals surface area contributed by atoms with Crippen molar-refractivity contribution in [1.82, 2.24) is 0 Å². The van der Waals surface area contributed by atoms with Gasteiger partial charge in [-0.25, -0.2) is 0 Å². The summed E-state index contributed by atoms with van der Waals surface area (Å²) in [4.78, 5) is 10.8. The number of rotatable bonds is 3. The van der Waals surface area contributed by atoms with Gasteiger partial charge in [-0.05, 0) is 0 Å². The van der Waals surface area contributed by atoms with Crippen molar-refractivity contribution in [1.29, 1.82) is 0 Å². The van der Waals surface area contributed by atoms with Crippen molar-refractivity contribution in [2.24, 2.45) is 0 Å². The molecule has 2 radical (unpaired) electrons. The van der Waals surface area contributed by atoms with E-state index in [1.54, 1.807) is 0 Å². The van der Waals surface area contributed by atoms with Crippen LogP contribution in [0.1, 0.15) is 0 Å². The Bertz CT molecular complexity index is 217. The van der Waals surface area contributed by atoms with Crippen LogP contribution in [0.15, 0.2) is 0 Å². The zero-order valence-corrected chi connectivity index (χ0v) is 8.40. The van der Waals surface area contributed by atoms with Crippen LogP contribution in [0.3, 0.4) is 0 Å². The molecular weight excluding hydrogens is 194 g/mol. The molecule has 1 aliphatic heterocycles. The summed E-state index contributed by atoms with van der Waals surface area (Å²) < 4.78 is 25.5. The van der Waals surface area contributed by atoms with Crippen molar-refractivity contribution in [3.8, 4) is 0 Å². The highest BCUT2D eigenvalue weighted by Gasteiger charge is 2.36. The Morgan fingerprint density at radius 3 is 2.77 bits per heavy atom. The summed E-state index contributed by atoms with van der Waals surface area (Å²) in [5, 5.41) is 0. The van der Waals surface area contributed by atoms with E-state index < -0.39 is 25.8 Å². The molecule has 0 aliphatic carbocycles. The van der Waals surface area contributed by atoms with Gasteiger partial charge < -0.3 is 23.5 Å². The van der Waals surface area contributed by atoms with Gasteiger partial charge >= 0.3 is 0 Å². The molecule has 0 amide bonds. The first-order valence-electron chi connectivity index (χ1n) is 3.81. The molecule has 0 saturated carbocycles. The Balaban J connectivity index is 2.60. The van der Waals surface area contributed by atoms with Crippen molar-refractivity contribution >= 4 is 15.4 Å². The van der Waals surface area contributed by atoms with Crippen LogP contribution in [0.25, 0.3) is 0 Å². The molecule has 2 unspecified atom stereocenters. The van der Waals surface area contributed by atoms with E-state index in [0.29, 0.717) is 0 Å². The van der Waals surface area contributed by atoms with Crippen molar-refractivity contribution in [3.63, 3.8) is 0 Å². The van der Waals surface area contributed by atoms with Crippen LogP contribution >= 0.6 is 7.60 Å². The monoisotopic (exact) mass is 205 g/mol. The van der Waals surface area contributed by atoms with E-state index in [4.69, 9.17) is 21.8 Å². The van der Waals surface area contributed by atoms with Crippen molar-refractivity contribution in [2.75, 3.05) is 20.4 Å². The second-order valence-corrected chi connectivity index (χ2v) is 4.67. The summed E-state index contributed by atoms with van der Waals surface area (Å²) in [6.07, 6.45) is -1.16. The predicted octanol–water partition coefficient (Wildman–Crippen LogP) is -0.905. The number of ether oxygens (including phenoxy) is 2. The highest BCUT2D eigenvalue weighted by molar-refractivity contribution is 7.50. The molecular formula is C6H11BO5P-. The van der Waals surface area contributed by atoms with Gasteiger partial charge in [0.25, 0.3) is 0 Å². The van der Waals surface area contributed by atoms with Crippen molar-refractivity contribution < 1.29 is 23.5 Å². The minimum Gasteiger partial charge on any atom is -0.779 e. The summed E-state index contributed by atoms with van der Waals surface area (Å²) in [6.45, 7) is 1.24. The number of hydrogen-bond acceptors (Lipinski definition) is 5. The molecule has 1 rings (SSSR count). The first-order valence-corrected chi connectivity index (χ1v) is 5.80. The molecule has 1 aliphatic rings. The lowest BCUT2D eigenvalue weighted by molar-refractivity contribution is -0.203. The van der Waals surface area contributed by atoms with E-state index in [1.807, 2.05) is 0 Å². The maximum atomic E-state index is 10.8. The fraction of sp³-hybridized carbons (Fsp3) is 1.00. The van der Waals surface area contributed by atoms with Gasteiger partial charge in [-0.2, -0.15) is 0 Å². The van der Waals surface area contributed by atoms with Crippen LogP contribution in [0.5, 0.6) is 0 Å². The minimum atomic E-state index is -3.79. The molecule has 1 fully saturated rings. The van der Waals surface area contributed by atoms with E-state index in [2.05, 4.69) is 0 Å². The average Bonchev–Trinajstić information content (AvgIpc) is 2.30. The lowest BCUT2D eigenvalue weighted by atomic mass is 9.94. The quantitative estimate of drug-likeness (QED) is 0.440. The summed E-state index contributed by atoms with van der Waals surface area (Å²) in [5.74, 6) is 0. The molecule has 1 heterocycles. The second kappa shape index (κ2) is 4.11. The van der Waals surface area contributed by atoms with Gasteiger partial charge in [0.15, 0.2) is 0 Å². The van der Waals surface area contributed by atoms with Gasteiger partial charge in [0, 0.05) is 19.8 Å². The van der Waals surface area contributed by atoms with Crippen LogP contribution in [0.2, 0.25) is 0 Å². The zero-order valence-electron chi connectivity index (χ0n) is 7.50. The molecule has 74 valence electrons. The molecule has 4 atom stereocenters. The Morgan fingerprint density at radius 1 is 1.69 bits per heavy atom. The molecule has 0 spiro atoms. The van der Waals surface area contributed by atoms with E-state index in [-0.39, 0.29) is 6.61 Å².